The van der Waals surface area contributed by atoms with Gasteiger partial charge in [0.1, 0.15) is 0 Å². The summed E-state index contributed by atoms with van der Waals surface area (Å²) in [6.45, 7) is 4.32. The van der Waals surface area contributed by atoms with E-state index in [4.69, 9.17) is 0 Å². The zero-order valence-corrected chi connectivity index (χ0v) is 12.7. The van der Waals surface area contributed by atoms with E-state index in [1.165, 1.54) is 16.9 Å². The predicted octanol–water partition coefficient (Wildman–Crippen LogP) is 4.07. The maximum Gasteiger partial charge on any atom is 0.0975 e. The number of hydrogen-bond donors (Lipinski definition) is 1. The van der Waals surface area contributed by atoms with Crippen LogP contribution in [0.3, 0.4) is 0 Å². The van der Waals surface area contributed by atoms with Gasteiger partial charge in [-0.05, 0) is 42.4 Å². The second-order valence-electron chi connectivity index (χ2n) is 4.45. The summed E-state index contributed by atoms with van der Waals surface area (Å²) in [5.74, 6) is 2.10. The van der Waals surface area contributed by atoms with Crippen molar-refractivity contribution in [2.45, 2.75) is 55.6 Å². The number of hydrogen-bond acceptors (Lipinski definition) is 4. The molecule has 0 saturated carbocycles. The fourth-order valence-electron chi connectivity index (χ4n) is 2.35. The van der Waals surface area contributed by atoms with Crippen molar-refractivity contribution in [1.29, 1.82) is 0 Å². The molecule has 0 amide bonds. The van der Waals surface area contributed by atoms with Crippen molar-refractivity contribution in [3.63, 3.8) is 0 Å². The molecule has 0 radical (unpaired) electrons. The van der Waals surface area contributed by atoms with E-state index in [1.54, 1.807) is 11.8 Å². The number of pyridine rings is 1. The van der Waals surface area contributed by atoms with Gasteiger partial charge in [-0.15, -0.1) is 23.5 Å². The van der Waals surface area contributed by atoms with E-state index in [2.05, 4.69) is 24.9 Å². The maximum atomic E-state index is 10.2. The molecule has 2 nitrogen and oxygen atoms in total. The summed E-state index contributed by atoms with van der Waals surface area (Å²) in [6, 6.07) is 2.21. The van der Waals surface area contributed by atoms with Gasteiger partial charge in [0.25, 0.3) is 0 Å². The number of aliphatic hydroxyl groups excluding tert-OH is 1. The molecule has 1 atom stereocenters. The normalized spacial score (nSPS) is 19.4. The Morgan fingerprint density at radius 1 is 1.28 bits per heavy atom. The number of aromatic nitrogens is 1. The maximum absolute atomic E-state index is 10.2. The zero-order chi connectivity index (χ0) is 13.0. The molecule has 0 spiro atoms. The molecule has 18 heavy (non-hydrogen) atoms. The number of thioether (sulfide) groups is 2. The van der Waals surface area contributed by atoms with Gasteiger partial charge in [0.2, 0.25) is 0 Å². The van der Waals surface area contributed by atoms with E-state index in [0.29, 0.717) is 0 Å². The molecule has 0 aliphatic heterocycles. The Kier molecular flexibility index (Phi) is 5.39. The summed E-state index contributed by atoms with van der Waals surface area (Å²) >= 11 is 3.64. The van der Waals surface area contributed by atoms with Gasteiger partial charge in [-0.1, -0.05) is 20.3 Å². The molecular weight excluding hydrogens is 262 g/mol. The first-order valence-corrected chi connectivity index (χ1v) is 8.70. The van der Waals surface area contributed by atoms with Crippen LogP contribution in [0.5, 0.6) is 0 Å². The average molecular weight is 283 g/mol. The molecule has 0 aromatic carbocycles. The molecule has 0 fully saturated rings. The highest BCUT2D eigenvalue weighted by atomic mass is 32.2. The number of fused-ring (bicyclic) bond motifs is 1. The monoisotopic (exact) mass is 283 g/mol. The van der Waals surface area contributed by atoms with Crippen molar-refractivity contribution in [3.05, 3.63) is 17.3 Å². The van der Waals surface area contributed by atoms with Crippen LogP contribution in [0.4, 0.5) is 0 Å². The molecule has 1 N–H and O–H groups in total. The SMILES string of the molecule is CCSc1cc(SCC)c2c(n1)C(O)CCCC2. The average Bonchev–Trinajstić information content (AvgIpc) is 2.53. The van der Waals surface area contributed by atoms with Crippen LogP contribution in [0.15, 0.2) is 16.0 Å². The smallest absolute Gasteiger partial charge is 0.0975 e. The minimum absolute atomic E-state index is 0.365. The van der Waals surface area contributed by atoms with Crippen LogP contribution < -0.4 is 0 Å². The highest BCUT2D eigenvalue weighted by Gasteiger charge is 2.21. The first-order chi connectivity index (χ1) is 8.76. The lowest BCUT2D eigenvalue weighted by Gasteiger charge is -2.16. The Morgan fingerprint density at radius 2 is 2.06 bits per heavy atom. The van der Waals surface area contributed by atoms with Crippen LogP contribution >= 0.6 is 23.5 Å². The molecule has 4 heteroatoms. The summed E-state index contributed by atoms with van der Waals surface area (Å²) < 4.78 is 0. The Balaban J connectivity index is 2.43. The highest BCUT2D eigenvalue weighted by Crippen LogP contribution is 2.36. The van der Waals surface area contributed by atoms with Gasteiger partial charge in [0.15, 0.2) is 0 Å². The molecule has 1 heterocycles. The Hall–Kier alpha value is -0.190. The first-order valence-electron chi connectivity index (χ1n) is 6.73. The second kappa shape index (κ2) is 6.83. The molecule has 100 valence electrons. The van der Waals surface area contributed by atoms with Gasteiger partial charge in [-0.2, -0.15) is 0 Å². The van der Waals surface area contributed by atoms with Gasteiger partial charge >= 0.3 is 0 Å². The lowest BCUT2D eigenvalue weighted by Crippen LogP contribution is -2.05. The summed E-state index contributed by atoms with van der Waals surface area (Å²) in [6.07, 6.45) is 3.83. The van der Waals surface area contributed by atoms with Crippen molar-refractivity contribution in [2.75, 3.05) is 11.5 Å². The Bertz CT molecular complexity index is 409. The topological polar surface area (TPSA) is 33.1 Å². The van der Waals surface area contributed by atoms with Crippen LogP contribution in [0.1, 0.15) is 50.5 Å². The van der Waals surface area contributed by atoms with Crippen molar-refractivity contribution < 1.29 is 5.11 Å². The predicted molar refractivity (Wildman–Crippen MR) is 79.5 cm³/mol. The quantitative estimate of drug-likeness (QED) is 0.667. The van der Waals surface area contributed by atoms with Gasteiger partial charge in [0.05, 0.1) is 16.8 Å². The summed E-state index contributed by atoms with van der Waals surface area (Å²) in [5, 5.41) is 11.3. The fourth-order valence-corrected chi connectivity index (χ4v) is 3.97. The molecule has 2 rings (SSSR count). The first kappa shape index (κ1) is 14.2. The number of nitrogens with zero attached hydrogens (tertiary/aromatic N) is 1. The van der Waals surface area contributed by atoms with Crippen LogP contribution in [0.25, 0.3) is 0 Å². The number of aliphatic hydroxyl groups is 1. The summed E-state index contributed by atoms with van der Waals surface area (Å²) in [5.41, 5.74) is 2.24. The van der Waals surface area contributed by atoms with E-state index in [9.17, 15) is 5.11 Å². The van der Waals surface area contributed by atoms with E-state index < -0.39 is 0 Å². The minimum atomic E-state index is -0.365. The zero-order valence-electron chi connectivity index (χ0n) is 11.1. The van der Waals surface area contributed by atoms with Crippen LogP contribution in [-0.2, 0) is 6.42 Å². The van der Waals surface area contributed by atoms with Crippen molar-refractivity contribution >= 4 is 23.5 Å². The van der Waals surface area contributed by atoms with Crippen molar-refractivity contribution in [1.82, 2.24) is 4.98 Å². The third kappa shape index (κ3) is 3.22. The van der Waals surface area contributed by atoms with Crippen molar-refractivity contribution in [2.24, 2.45) is 0 Å². The van der Waals surface area contributed by atoms with E-state index in [-0.39, 0.29) is 6.10 Å². The molecule has 1 aliphatic carbocycles. The van der Waals surface area contributed by atoms with Gasteiger partial charge < -0.3 is 5.11 Å². The molecular formula is C14H21NOS2. The molecule has 0 saturated heterocycles. The van der Waals surface area contributed by atoms with Crippen LogP contribution in [0.2, 0.25) is 0 Å². The third-order valence-electron chi connectivity index (χ3n) is 3.15. The second-order valence-corrected chi connectivity index (χ2v) is 7.04. The van der Waals surface area contributed by atoms with Gasteiger partial charge in [-0.3, -0.25) is 0 Å². The largest absolute Gasteiger partial charge is 0.387 e. The lowest BCUT2D eigenvalue weighted by atomic mass is 10.1. The molecule has 1 aromatic rings. The van der Waals surface area contributed by atoms with Gasteiger partial charge in [0, 0.05) is 4.90 Å². The highest BCUT2D eigenvalue weighted by molar-refractivity contribution is 8.00. The van der Waals surface area contributed by atoms with Crippen LogP contribution in [0, 0.1) is 0 Å². The fraction of sp³-hybridized carbons (Fsp3) is 0.643. The van der Waals surface area contributed by atoms with E-state index in [0.717, 1.165) is 41.5 Å². The molecule has 1 aromatic heterocycles. The van der Waals surface area contributed by atoms with E-state index in [1.807, 2.05) is 11.8 Å². The molecule has 1 aliphatic rings. The summed E-state index contributed by atoms with van der Waals surface area (Å²) in [7, 11) is 0. The van der Waals surface area contributed by atoms with Crippen LogP contribution in [-0.4, -0.2) is 21.6 Å². The standard InChI is InChI=1S/C14H21NOS2/c1-3-17-12-9-13(18-4-2)15-14-10(12)7-5-6-8-11(14)16/h9,11,16H,3-8H2,1-2H3. The molecule has 1 unspecified atom stereocenters. The molecule has 0 bridgehead atoms. The third-order valence-corrected chi connectivity index (χ3v) is 4.91. The van der Waals surface area contributed by atoms with Crippen molar-refractivity contribution in [3.8, 4) is 0 Å². The Labute approximate surface area is 118 Å². The summed E-state index contributed by atoms with van der Waals surface area (Å²) in [4.78, 5) is 6.02. The number of rotatable bonds is 4. The minimum Gasteiger partial charge on any atom is -0.387 e. The van der Waals surface area contributed by atoms with Gasteiger partial charge in [-0.25, -0.2) is 4.98 Å². The van der Waals surface area contributed by atoms with E-state index >= 15 is 0 Å². The lowest BCUT2D eigenvalue weighted by molar-refractivity contribution is 0.161. The Morgan fingerprint density at radius 3 is 2.78 bits per heavy atom.